The van der Waals surface area contributed by atoms with E-state index in [1.165, 1.54) is 11.3 Å². The fraction of sp³-hybridized carbons (Fsp3) is 0.375. The summed E-state index contributed by atoms with van der Waals surface area (Å²) < 4.78 is 6.64. The van der Waals surface area contributed by atoms with Gasteiger partial charge in [-0.25, -0.2) is 0 Å². The third kappa shape index (κ3) is 3.44. The average molecular weight is 337 g/mol. The maximum Gasteiger partial charge on any atom is 0.139 e. The topological polar surface area (TPSA) is 28.4 Å². The Morgan fingerprint density at radius 1 is 1.20 bits per heavy atom. The van der Waals surface area contributed by atoms with Crippen LogP contribution in [0.1, 0.15) is 30.7 Å². The van der Waals surface area contributed by atoms with Crippen molar-refractivity contribution in [2.45, 2.75) is 19.4 Å². The fourth-order valence-electron chi connectivity index (χ4n) is 2.13. The second kappa shape index (κ2) is 6.95. The van der Waals surface area contributed by atoms with Crippen LogP contribution in [0.4, 0.5) is 5.69 Å². The summed E-state index contributed by atoms with van der Waals surface area (Å²) in [7, 11) is 4.09. The van der Waals surface area contributed by atoms with Crippen LogP contribution in [-0.2, 0) is 0 Å². The van der Waals surface area contributed by atoms with Crippen molar-refractivity contribution in [3.63, 3.8) is 0 Å². The average Bonchev–Trinajstić information content (AvgIpc) is 2.86. The molecule has 20 heavy (non-hydrogen) atoms. The number of halogens is 1. The monoisotopic (exact) mass is 336 g/mol. The van der Waals surface area contributed by atoms with E-state index in [4.69, 9.17) is 4.42 Å². The van der Waals surface area contributed by atoms with Crippen molar-refractivity contribution < 1.29 is 4.42 Å². The van der Waals surface area contributed by atoms with Crippen LogP contribution in [0.5, 0.6) is 0 Å². The zero-order valence-corrected chi connectivity index (χ0v) is 13.8. The third-order valence-electron chi connectivity index (χ3n) is 3.25. The Kier molecular flexibility index (Phi) is 5.26. The SMILES string of the molecule is CCCNC(c1ccc(N(C)C)cc1)c1occc1Br. The standard InChI is InChI=1S/C16H21BrN2O/c1-4-10-18-15(16-14(17)9-11-20-16)12-5-7-13(8-6-12)19(2)3/h5-9,11,15,18H,4,10H2,1-3H3. The third-order valence-corrected chi connectivity index (χ3v) is 3.90. The number of hydrogen-bond acceptors (Lipinski definition) is 3. The van der Waals surface area contributed by atoms with Gasteiger partial charge in [0, 0.05) is 19.8 Å². The van der Waals surface area contributed by atoms with Crippen LogP contribution in [0.2, 0.25) is 0 Å². The lowest BCUT2D eigenvalue weighted by Gasteiger charge is -2.19. The zero-order valence-electron chi connectivity index (χ0n) is 12.2. The highest BCUT2D eigenvalue weighted by Gasteiger charge is 2.19. The van der Waals surface area contributed by atoms with Crippen LogP contribution in [-0.4, -0.2) is 20.6 Å². The van der Waals surface area contributed by atoms with Gasteiger partial charge >= 0.3 is 0 Å². The number of benzene rings is 1. The van der Waals surface area contributed by atoms with Gasteiger partial charge in [-0.2, -0.15) is 0 Å². The molecule has 0 spiro atoms. The van der Waals surface area contributed by atoms with Gasteiger partial charge in [0.15, 0.2) is 0 Å². The first-order chi connectivity index (χ1) is 9.63. The summed E-state index contributed by atoms with van der Waals surface area (Å²) >= 11 is 3.55. The predicted molar refractivity (Wildman–Crippen MR) is 87.3 cm³/mol. The van der Waals surface area contributed by atoms with Gasteiger partial charge in [0.2, 0.25) is 0 Å². The van der Waals surface area contributed by atoms with Gasteiger partial charge in [-0.3, -0.25) is 0 Å². The molecule has 3 nitrogen and oxygen atoms in total. The van der Waals surface area contributed by atoms with E-state index >= 15 is 0 Å². The van der Waals surface area contributed by atoms with Crippen molar-refractivity contribution in [1.29, 1.82) is 0 Å². The lowest BCUT2D eigenvalue weighted by molar-refractivity contribution is 0.444. The maximum atomic E-state index is 5.64. The molecular weight excluding hydrogens is 316 g/mol. The number of nitrogens with zero attached hydrogens (tertiary/aromatic N) is 1. The van der Waals surface area contributed by atoms with Gasteiger partial charge < -0.3 is 14.6 Å². The molecule has 0 aliphatic heterocycles. The van der Waals surface area contributed by atoms with Crippen molar-refractivity contribution in [1.82, 2.24) is 5.32 Å². The van der Waals surface area contributed by atoms with E-state index in [-0.39, 0.29) is 6.04 Å². The first-order valence-electron chi connectivity index (χ1n) is 6.87. The summed E-state index contributed by atoms with van der Waals surface area (Å²) in [6.45, 7) is 3.11. The molecule has 1 aromatic carbocycles. The molecular formula is C16H21BrN2O. The molecule has 0 fully saturated rings. The lowest BCUT2D eigenvalue weighted by atomic mass is 10.0. The van der Waals surface area contributed by atoms with Crippen LogP contribution in [0.3, 0.4) is 0 Å². The fourth-order valence-corrected chi connectivity index (χ4v) is 2.56. The number of furan rings is 1. The Balaban J connectivity index is 2.29. The van der Waals surface area contributed by atoms with Crippen LogP contribution >= 0.6 is 15.9 Å². The van der Waals surface area contributed by atoms with E-state index in [1.807, 2.05) is 20.2 Å². The highest BCUT2D eigenvalue weighted by Crippen LogP contribution is 2.30. The molecule has 1 heterocycles. The summed E-state index contributed by atoms with van der Waals surface area (Å²) in [5.74, 6) is 0.927. The Hall–Kier alpha value is -1.26. The second-order valence-electron chi connectivity index (χ2n) is 5.01. The molecule has 0 saturated heterocycles. The molecule has 4 heteroatoms. The van der Waals surface area contributed by atoms with E-state index in [9.17, 15) is 0 Å². The Morgan fingerprint density at radius 3 is 2.40 bits per heavy atom. The number of rotatable bonds is 6. The van der Waals surface area contributed by atoms with Crippen LogP contribution in [0, 0.1) is 0 Å². The highest BCUT2D eigenvalue weighted by molar-refractivity contribution is 9.10. The molecule has 0 aliphatic carbocycles. The largest absolute Gasteiger partial charge is 0.466 e. The van der Waals surface area contributed by atoms with Crippen LogP contribution in [0.25, 0.3) is 0 Å². The smallest absolute Gasteiger partial charge is 0.139 e. The zero-order chi connectivity index (χ0) is 14.5. The van der Waals surface area contributed by atoms with Crippen molar-refractivity contribution in [2.24, 2.45) is 0 Å². The van der Waals surface area contributed by atoms with Gasteiger partial charge in [0.05, 0.1) is 16.8 Å². The van der Waals surface area contributed by atoms with Crippen molar-refractivity contribution in [3.05, 3.63) is 52.4 Å². The first-order valence-corrected chi connectivity index (χ1v) is 7.66. The van der Waals surface area contributed by atoms with Crippen molar-refractivity contribution in [3.8, 4) is 0 Å². The van der Waals surface area contributed by atoms with E-state index in [0.717, 1.165) is 23.2 Å². The molecule has 0 bridgehead atoms. The van der Waals surface area contributed by atoms with Gasteiger partial charge in [-0.15, -0.1) is 0 Å². The highest BCUT2D eigenvalue weighted by atomic mass is 79.9. The molecule has 2 aromatic rings. The van der Waals surface area contributed by atoms with Crippen LogP contribution in [0.15, 0.2) is 45.5 Å². The quantitative estimate of drug-likeness (QED) is 0.856. The van der Waals surface area contributed by atoms with E-state index < -0.39 is 0 Å². The minimum atomic E-state index is 0.0792. The van der Waals surface area contributed by atoms with Crippen LogP contribution < -0.4 is 10.2 Å². The van der Waals surface area contributed by atoms with Gasteiger partial charge in [0.1, 0.15) is 5.76 Å². The molecule has 0 amide bonds. The maximum absolute atomic E-state index is 5.64. The summed E-state index contributed by atoms with van der Waals surface area (Å²) in [6, 6.07) is 10.6. The molecule has 2 rings (SSSR count). The molecule has 1 unspecified atom stereocenters. The number of hydrogen-bond donors (Lipinski definition) is 1. The molecule has 108 valence electrons. The van der Waals surface area contributed by atoms with Gasteiger partial charge in [0.25, 0.3) is 0 Å². The second-order valence-corrected chi connectivity index (χ2v) is 5.86. The number of anilines is 1. The van der Waals surface area contributed by atoms with E-state index in [2.05, 4.69) is 57.3 Å². The van der Waals surface area contributed by atoms with Crippen molar-refractivity contribution >= 4 is 21.6 Å². The molecule has 0 aliphatic rings. The Labute approximate surface area is 129 Å². The summed E-state index contributed by atoms with van der Waals surface area (Å²) in [6.07, 6.45) is 2.80. The molecule has 0 saturated carbocycles. The molecule has 1 aromatic heterocycles. The Bertz CT molecular complexity index is 534. The lowest BCUT2D eigenvalue weighted by Crippen LogP contribution is -2.23. The molecule has 1 atom stereocenters. The molecule has 1 N–H and O–H groups in total. The number of nitrogens with one attached hydrogen (secondary N) is 1. The predicted octanol–water partition coefficient (Wildman–Crippen LogP) is 4.20. The van der Waals surface area contributed by atoms with Gasteiger partial charge in [-0.05, 0) is 52.7 Å². The summed E-state index contributed by atoms with van der Waals surface area (Å²) in [5, 5.41) is 3.54. The van der Waals surface area contributed by atoms with Gasteiger partial charge in [-0.1, -0.05) is 19.1 Å². The minimum absolute atomic E-state index is 0.0792. The summed E-state index contributed by atoms with van der Waals surface area (Å²) in [5.41, 5.74) is 2.40. The van der Waals surface area contributed by atoms with E-state index in [1.54, 1.807) is 6.26 Å². The molecule has 0 radical (unpaired) electrons. The Morgan fingerprint density at radius 2 is 1.90 bits per heavy atom. The minimum Gasteiger partial charge on any atom is -0.466 e. The first kappa shape index (κ1) is 15.1. The van der Waals surface area contributed by atoms with E-state index in [0.29, 0.717) is 0 Å². The summed E-state index contributed by atoms with van der Waals surface area (Å²) in [4.78, 5) is 2.10. The normalized spacial score (nSPS) is 12.4. The van der Waals surface area contributed by atoms with Crippen molar-refractivity contribution in [2.75, 3.05) is 25.5 Å².